The Morgan fingerprint density at radius 1 is 1.50 bits per heavy atom. The topological polar surface area (TPSA) is 53.6 Å². The summed E-state index contributed by atoms with van der Waals surface area (Å²) in [4.78, 5) is 13.2. The number of hydrogen-bond donors (Lipinski definition) is 2. The van der Waals surface area contributed by atoms with E-state index in [-0.39, 0.29) is 6.09 Å². The molecule has 1 rings (SSSR count). The molecule has 1 heterocycles. The van der Waals surface area contributed by atoms with Crippen LogP contribution in [0.15, 0.2) is 0 Å². The van der Waals surface area contributed by atoms with Gasteiger partial charge in [0.1, 0.15) is 6.61 Å². The monoisotopic (exact) mass is 201 g/mol. The summed E-state index contributed by atoms with van der Waals surface area (Å²) in [6.07, 6.45) is -0.317. The third kappa shape index (κ3) is 4.43. The molecule has 0 bridgehead atoms. The number of alkyl carbamates (subject to hydrolysis) is 1. The highest BCUT2D eigenvalue weighted by Gasteiger charge is 2.09. The summed E-state index contributed by atoms with van der Waals surface area (Å²) < 4.78 is 4.97. The molecule has 1 fully saturated rings. The van der Waals surface area contributed by atoms with Gasteiger partial charge in [0.2, 0.25) is 0 Å². The molecule has 5 nitrogen and oxygen atoms in total. The first kappa shape index (κ1) is 11.3. The molecule has 0 atom stereocenters. The minimum absolute atomic E-state index is 0.317. The van der Waals surface area contributed by atoms with Crippen LogP contribution in [0.4, 0.5) is 4.79 Å². The number of rotatable bonds is 4. The molecule has 2 N–H and O–H groups in total. The van der Waals surface area contributed by atoms with Crippen LogP contribution in [-0.4, -0.2) is 56.9 Å². The van der Waals surface area contributed by atoms with E-state index in [4.69, 9.17) is 4.74 Å². The minimum atomic E-state index is -0.317. The zero-order valence-corrected chi connectivity index (χ0v) is 8.71. The number of carbonyl (C=O) groups excluding carboxylic acids is 1. The van der Waals surface area contributed by atoms with Crippen LogP contribution in [-0.2, 0) is 4.74 Å². The van der Waals surface area contributed by atoms with Gasteiger partial charge in [-0.25, -0.2) is 4.79 Å². The van der Waals surface area contributed by atoms with Gasteiger partial charge in [0.05, 0.1) is 0 Å². The second kappa shape index (κ2) is 6.62. The minimum Gasteiger partial charge on any atom is -0.448 e. The van der Waals surface area contributed by atoms with Crippen molar-refractivity contribution >= 4 is 6.09 Å². The fourth-order valence-corrected chi connectivity index (χ4v) is 1.40. The standard InChI is InChI=1S/C9H19N3O2/c1-2-11-9(13)14-8-7-12-5-3-10-4-6-12/h10H,2-8H2,1H3,(H,11,13). The van der Waals surface area contributed by atoms with Gasteiger partial charge >= 0.3 is 6.09 Å². The first-order chi connectivity index (χ1) is 6.83. The molecule has 0 aromatic heterocycles. The van der Waals surface area contributed by atoms with E-state index < -0.39 is 0 Å². The molecule has 0 spiro atoms. The molecule has 0 saturated carbocycles. The lowest BCUT2D eigenvalue weighted by molar-refractivity contribution is 0.123. The van der Waals surface area contributed by atoms with E-state index in [0.717, 1.165) is 32.7 Å². The largest absolute Gasteiger partial charge is 0.448 e. The van der Waals surface area contributed by atoms with Crippen molar-refractivity contribution in [3.63, 3.8) is 0 Å². The number of nitrogens with zero attached hydrogens (tertiary/aromatic N) is 1. The van der Waals surface area contributed by atoms with Crippen LogP contribution < -0.4 is 10.6 Å². The highest BCUT2D eigenvalue weighted by molar-refractivity contribution is 5.66. The molecule has 82 valence electrons. The summed E-state index contributed by atoms with van der Waals surface area (Å²) >= 11 is 0. The smallest absolute Gasteiger partial charge is 0.407 e. The fourth-order valence-electron chi connectivity index (χ4n) is 1.40. The highest BCUT2D eigenvalue weighted by atomic mass is 16.5. The second-order valence-corrected chi connectivity index (χ2v) is 3.26. The van der Waals surface area contributed by atoms with Crippen molar-refractivity contribution in [1.82, 2.24) is 15.5 Å². The Kier molecular flexibility index (Phi) is 5.32. The fraction of sp³-hybridized carbons (Fsp3) is 0.889. The Balaban J connectivity index is 1.99. The molecule has 0 aromatic carbocycles. The maximum Gasteiger partial charge on any atom is 0.407 e. The summed E-state index contributed by atoms with van der Waals surface area (Å²) in [6, 6.07) is 0. The number of ether oxygens (including phenoxy) is 1. The van der Waals surface area contributed by atoms with E-state index in [1.165, 1.54) is 0 Å². The summed E-state index contributed by atoms with van der Waals surface area (Å²) in [5, 5.41) is 5.86. The lowest BCUT2D eigenvalue weighted by Gasteiger charge is -2.26. The maximum atomic E-state index is 10.9. The Morgan fingerprint density at radius 2 is 2.21 bits per heavy atom. The van der Waals surface area contributed by atoms with Gasteiger partial charge in [0.25, 0.3) is 0 Å². The van der Waals surface area contributed by atoms with E-state index in [1.807, 2.05) is 6.92 Å². The molecule has 14 heavy (non-hydrogen) atoms. The van der Waals surface area contributed by atoms with Crippen LogP contribution in [0.25, 0.3) is 0 Å². The molecule has 1 aliphatic heterocycles. The molecule has 1 amide bonds. The molecular formula is C9H19N3O2. The first-order valence-corrected chi connectivity index (χ1v) is 5.16. The zero-order valence-electron chi connectivity index (χ0n) is 8.71. The molecule has 1 aliphatic rings. The maximum absolute atomic E-state index is 10.9. The van der Waals surface area contributed by atoms with E-state index in [9.17, 15) is 4.79 Å². The van der Waals surface area contributed by atoms with Crippen molar-refractivity contribution < 1.29 is 9.53 Å². The molecular weight excluding hydrogens is 182 g/mol. The summed E-state index contributed by atoms with van der Waals surface area (Å²) in [6.45, 7) is 7.94. The zero-order chi connectivity index (χ0) is 10.2. The van der Waals surface area contributed by atoms with Gasteiger partial charge in [-0.2, -0.15) is 0 Å². The van der Waals surface area contributed by atoms with Gasteiger partial charge in [-0.1, -0.05) is 0 Å². The quantitative estimate of drug-likeness (QED) is 0.652. The van der Waals surface area contributed by atoms with Gasteiger partial charge < -0.3 is 15.4 Å². The van der Waals surface area contributed by atoms with E-state index in [1.54, 1.807) is 0 Å². The van der Waals surface area contributed by atoms with Crippen LogP contribution in [0.1, 0.15) is 6.92 Å². The normalized spacial score (nSPS) is 17.8. The van der Waals surface area contributed by atoms with Gasteiger partial charge in [0.15, 0.2) is 0 Å². The predicted octanol–water partition coefficient (Wildman–Crippen LogP) is -0.362. The number of piperazine rings is 1. The third-order valence-corrected chi connectivity index (χ3v) is 2.17. The predicted molar refractivity (Wildman–Crippen MR) is 54.3 cm³/mol. The van der Waals surface area contributed by atoms with E-state index in [2.05, 4.69) is 15.5 Å². The van der Waals surface area contributed by atoms with Crippen LogP contribution >= 0.6 is 0 Å². The molecule has 0 aliphatic carbocycles. The Morgan fingerprint density at radius 3 is 2.86 bits per heavy atom. The Bertz CT molecular complexity index is 169. The van der Waals surface area contributed by atoms with Gasteiger partial charge in [0, 0.05) is 39.3 Å². The number of hydrogen-bond acceptors (Lipinski definition) is 4. The Labute approximate surface area is 84.8 Å². The van der Waals surface area contributed by atoms with Crippen LogP contribution in [0, 0.1) is 0 Å². The van der Waals surface area contributed by atoms with Crippen molar-refractivity contribution in [2.24, 2.45) is 0 Å². The van der Waals surface area contributed by atoms with Crippen LogP contribution in [0.5, 0.6) is 0 Å². The summed E-state index contributed by atoms with van der Waals surface area (Å²) in [5.41, 5.74) is 0. The van der Waals surface area contributed by atoms with Gasteiger partial charge in [-0.3, -0.25) is 4.90 Å². The summed E-state index contributed by atoms with van der Waals surface area (Å²) in [7, 11) is 0. The number of carbonyl (C=O) groups is 1. The summed E-state index contributed by atoms with van der Waals surface area (Å²) in [5.74, 6) is 0. The van der Waals surface area contributed by atoms with Gasteiger partial charge in [-0.15, -0.1) is 0 Å². The Hall–Kier alpha value is -0.810. The average Bonchev–Trinajstić information content (AvgIpc) is 2.20. The lowest BCUT2D eigenvalue weighted by Crippen LogP contribution is -2.45. The SMILES string of the molecule is CCNC(=O)OCCN1CCNCC1. The van der Waals surface area contributed by atoms with Crippen LogP contribution in [0.2, 0.25) is 0 Å². The van der Waals surface area contributed by atoms with Gasteiger partial charge in [-0.05, 0) is 6.92 Å². The first-order valence-electron chi connectivity index (χ1n) is 5.16. The number of amides is 1. The van der Waals surface area contributed by atoms with E-state index >= 15 is 0 Å². The molecule has 1 saturated heterocycles. The molecule has 5 heteroatoms. The highest BCUT2D eigenvalue weighted by Crippen LogP contribution is 1.91. The van der Waals surface area contributed by atoms with Crippen molar-refractivity contribution in [1.29, 1.82) is 0 Å². The van der Waals surface area contributed by atoms with Crippen molar-refractivity contribution in [2.45, 2.75) is 6.92 Å². The van der Waals surface area contributed by atoms with E-state index in [0.29, 0.717) is 13.2 Å². The average molecular weight is 201 g/mol. The second-order valence-electron chi connectivity index (χ2n) is 3.26. The van der Waals surface area contributed by atoms with Crippen molar-refractivity contribution in [3.8, 4) is 0 Å². The molecule has 0 unspecified atom stereocenters. The third-order valence-electron chi connectivity index (χ3n) is 2.17. The van der Waals surface area contributed by atoms with Crippen LogP contribution in [0.3, 0.4) is 0 Å². The molecule has 0 aromatic rings. The number of nitrogens with one attached hydrogen (secondary N) is 2. The van der Waals surface area contributed by atoms with Crippen molar-refractivity contribution in [2.75, 3.05) is 45.9 Å². The molecule has 0 radical (unpaired) electrons. The lowest BCUT2D eigenvalue weighted by atomic mass is 10.4. The van der Waals surface area contributed by atoms with Crippen molar-refractivity contribution in [3.05, 3.63) is 0 Å².